The minimum absolute atomic E-state index is 0.241. The Kier molecular flexibility index (Phi) is 4.05. The molecule has 0 amide bonds. The molecular weight excluding hydrogens is 292 g/mol. The summed E-state index contributed by atoms with van der Waals surface area (Å²) in [6.45, 7) is 1.53. The molecule has 0 spiro atoms. The van der Waals surface area contributed by atoms with Crippen LogP contribution in [0.3, 0.4) is 0 Å². The lowest BCUT2D eigenvalue weighted by molar-refractivity contribution is 0.238. The van der Waals surface area contributed by atoms with Gasteiger partial charge in [-0.25, -0.2) is 0 Å². The Morgan fingerprint density at radius 2 is 2.10 bits per heavy atom. The molecule has 1 aromatic rings. The van der Waals surface area contributed by atoms with Gasteiger partial charge in [0, 0.05) is 13.1 Å². The summed E-state index contributed by atoms with van der Waals surface area (Å²) >= 11 is 0. The normalized spacial score (nSPS) is 22.6. The second-order valence-corrected chi connectivity index (χ2v) is 7.09. The molecule has 1 fully saturated rings. The van der Waals surface area contributed by atoms with Crippen molar-refractivity contribution in [3.05, 3.63) is 23.8 Å². The number of benzene rings is 1. The fraction of sp³-hybridized carbons (Fsp3) is 0.571. The van der Waals surface area contributed by atoms with Crippen molar-refractivity contribution in [2.75, 3.05) is 26.8 Å². The summed E-state index contributed by atoms with van der Waals surface area (Å²) in [7, 11) is -1.81. The molecule has 2 aliphatic rings. The average Bonchev–Trinajstić information content (AvgIpc) is 3.01. The van der Waals surface area contributed by atoms with E-state index < -0.39 is 10.2 Å². The molecule has 0 bridgehead atoms. The molecule has 6 nitrogen and oxygen atoms in total. The van der Waals surface area contributed by atoms with E-state index in [1.807, 2.05) is 18.2 Å². The highest BCUT2D eigenvalue weighted by Gasteiger charge is 2.30. The quantitative estimate of drug-likeness (QED) is 0.898. The first-order chi connectivity index (χ1) is 10.1. The Labute approximate surface area is 125 Å². The molecule has 2 heterocycles. The van der Waals surface area contributed by atoms with Crippen LogP contribution in [0.1, 0.15) is 18.4 Å². The number of rotatable bonds is 4. The number of nitrogens with zero attached hydrogens (tertiary/aromatic N) is 1. The van der Waals surface area contributed by atoms with Crippen molar-refractivity contribution in [3.63, 3.8) is 0 Å². The van der Waals surface area contributed by atoms with Crippen molar-refractivity contribution in [1.29, 1.82) is 0 Å². The predicted molar refractivity (Wildman–Crippen MR) is 78.8 cm³/mol. The van der Waals surface area contributed by atoms with Crippen LogP contribution in [0.5, 0.6) is 11.5 Å². The summed E-state index contributed by atoms with van der Waals surface area (Å²) in [5.41, 5.74) is 0.967. The van der Waals surface area contributed by atoms with Crippen LogP contribution in [-0.4, -0.2) is 45.6 Å². The maximum absolute atomic E-state index is 12.3. The van der Waals surface area contributed by atoms with Crippen LogP contribution in [0.15, 0.2) is 18.2 Å². The van der Waals surface area contributed by atoms with E-state index in [0.717, 1.165) is 24.2 Å². The van der Waals surface area contributed by atoms with E-state index in [0.29, 0.717) is 31.9 Å². The molecule has 0 aromatic heterocycles. The van der Waals surface area contributed by atoms with Crippen LogP contribution in [0, 0.1) is 0 Å². The Bertz CT molecular complexity index is 611. The number of nitrogens with one attached hydrogen (secondary N) is 1. The molecule has 1 aromatic carbocycles. The highest BCUT2D eigenvalue weighted by atomic mass is 32.2. The lowest BCUT2D eigenvalue weighted by Gasteiger charge is -2.28. The maximum atomic E-state index is 12.3. The molecule has 1 N–H and O–H groups in total. The minimum Gasteiger partial charge on any atom is -0.493 e. The average molecular weight is 312 g/mol. The van der Waals surface area contributed by atoms with Gasteiger partial charge in [0.2, 0.25) is 0 Å². The van der Waals surface area contributed by atoms with Gasteiger partial charge >= 0.3 is 0 Å². The van der Waals surface area contributed by atoms with Crippen molar-refractivity contribution >= 4 is 10.2 Å². The van der Waals surface area contributed by atoms with E-state index in [9.17, 15) is 8.42 Å². The molecule has 1 unspecified atom stereocenters. The molecule has 3 rings (SSSR count). The number of fused-ring (bicyclic) bond motifs is 1. The zero-order chi connectivity index (χ0) is 14.9. The van der Waals surface area contributed by atoms with E-state index in [1.54, 1.807) is 7.11 Å². The van der Waals surface area contributed by atoms with Crippen molar-refractivity contribution in [2.45, 2.75) is 25.3 Å². The van der Waals surface area contributed by atoms with Gasteiger partial charge in [0.1, 0.15) is 6.61 Å². The first-order valence-electron chi connectivity index (χ1n) is 7.16. The van der Waals surface area contributed by atoms with Crippen LogP contribution in [-0.2, 0) is 16.6 Å². The summed E-state index contributed by atoms with van der Waals surface area (Å²) in [5.74, 6) is 1.41. The topological polar surface area (TPSA) is 67.9 Å². The molecular formula is C14H20N2O4S. The third kappa shape index (κ3) is 3.00. The first kappa shape index (κ1) is 14.6. The summed E-state index contributed by atoms with van der Waals surface area (Å²) < 4.78 is 39.8. The SMILES string of the molecule is COc1cccc2c1OCC(NS(=O)(=O)N1CCCC1)C2. The Hall–Kier alpha value is -1.31. The Morgan fingerprint density at radius 3 is 2.81 bits per heavy atom. The highest BCUT2D eigenvalue weighted by Crippen LogP contribution is 2.34. The fourth-order valence-electron chi connectivity index (χ4n) is 2.84. The van der Waals surface area contributed by atoms with Gasteiger partial charge in [-0.3, -0.25) is 0 Å². The second-order valence-electron chi connectivity index (χ2n) is 5.39. The van der Waals surface area contributed by atoms with Gasteiger partial charge in [-0.1, -0.05) is 12.1 Å². The van der Waals surface area contributed by atoms with Crippen LogP contribution >= 0.6 is 0 Å². The lowest BCUT2D eigenvalue weighted by Crippen LogP contribution is -2.48. The number of para-hydroxylation sites is 1. The lowest BCUT2D eigenvalue weighted by atomic mass is 10.0. The van der Waals surface area contributed by atoms with Crippen molar-refractivity contribution < 1.29 is 17.9 Å². The molecule has 21 heavy (non-hydrogen) atoms. The number of methoxy groups -OCH3 is 1. The Morgan fingerprint density at radius 1 is 1.33 bits per heavy atom. The second kappa shape index (κ2) is 5.82. The van der Waals surface area contributed by atoms with Crippen LogP contribution in [0.4, 0.5) is 0 Å². The van der Waals surface area contributed by atoms with Gasteiger partial charge in [0.05, 0.1) is 13.2 Å². The largest absolute Gasteiger partial charge is 0.493 e. The smallest absolute Gasteiger partial charge is 0.279 e. The van der Waals surface area contributed by atoms with Crippen molar-refractivity contribution in [3.8, 4) is 11.5 Å². The Balaban J connectivity index is 1.72. The predicted octanol–water partition coefficient (Wildman–Crippen LogP) is 0.929. The zero-order valence-corrected chi connectivity index (χ0v) is 12.9. The monoisotopic (exact) mass is 312 g/mol. The third-order valence-corrected chi connectivity index (χ3v) is 5.57. The summed E-state index contributed by atoms with van der Waals surface area (Å²) in [6, 6.07) is 5.43. The van der Waals surface area contributed by atoms with Gasteiger partial charge < -0.3 is 9.47 Å². The third-order valence-electron chi connectivity index (χ3n) is 3.90. The van der Waals surface area contributed by atoms with Gasteiger partial charge in [-0.15, -0.1) is 0 Å². The van der Waals surface area contributed by atoms with Crippen LogP contribution < -0.4 is 14.2 Å². The van der Waals surface area contributed by atoms with E-state index in [1.165, 1.54) is 4.31 Å². The first-order valence-corrected chi connectivity index (χ1v) is 8.60. The van der Waals surface area contributed by atoms with E-state index >= 15 is 0 Å². The van der Waals surface area contributed by atoms with Crippen LogP contribution in [0.2, 0.25) is 0 Å². The minimum atomic E-state index is -3.41. The van der Waals surface area contributed by atoms with Crippen LogP contribution in [0.25, 0.3) is 0 Å². The highest BCUT2D eigenvalue weighted by molar-refractivity contribution is 7.87. The molecule has 0 aliphatic carbocycles. The standard InChI is InChI=1S/C14H20N2O4S/c1-19-13-6-4-5-11-9-12(10-20-14(11)13)15-21(17,18)16-7-2-3-8-16/h4-6,12,15H,2-3,7-10H2,1H3. The zero-order valence-electron chi connectivity index (χ0n) is 12.0. The van der Waals surface area contributed by atoms with E-state index in [-0.39, 0.29) is 6.04 Å². The molecule has 0 saturated carbocycles. The van der Waals surface area contributed by atoms with Crippen molar-refractivity contribution in [2.24, 2.45) is 0 Å². The molecule has 7 heteroatoms. The molecule has 1 atom stereocenters. The molecule has 2 aliphatic heterocycles. The summed E-state index contributed by atoms with van der Waals surface area (Å²) in [5, 5.41) is 0. The van der Waals surface area contributed by atoms with E-state index in [4.69, 9.17) is 9.47 Å². The number of hydrogen-bond donors (Lipinski definition) is 1. The molecule has 116 valence electrons. The van der Waals surface area contributed by atoms with E-state index in [2.05, 4.69) is 4.72 Å². The summed E-state index contributed by atoms with van der Waals surface area (Å²) in [4.78, 5) is 0. The van der Waals surface area contributed by atoms with Gasteiger partial charge in [0.15, 0.2) is 11.5 Å². The number of hydrogen-bond acceptors (Lipinski definition) is 4. The molecule has 0 radical (unpaired) electrons. The maximum Gasteiger partial charge on any atom is 0.279 e. The van der Waals surface area contributed by atoms with Gasteiger partial charge in [-0.05, 0) is 30.9 Å². The summed E-state index contributed by atoms with van der Waals surface area (Å²) in [6.07, 6.45) is 2.48. The molecule has 1 saturated heterocycles. The number of ether oxygens (including phenoxy) is 2. The van der Waals surface area contributed by atoms with Crippen molar-refractivity contribution in [1.82, 2.24) is 9.03 Å². The van der Waals surface area contributed by atoms with Gasteiger partial charge in [0.25, 0.3) is 10.2 Å². The fourth-order valence-corrected chi connectivity index (χ4v) is 4.30. The van der Waals surface area contributed by atoms with Gasteiger partial charge in [-0.2, -0.15) is 17.4 Å².